The second kappa shape index (κ2) is 6.11. The lowest BCUT2D eigenvalue weighted by Crippen LogP contribution is -2.30. The van der Waals surface area contributed by atoms with Crippen LogP contribution in [0.2, 0.25) is 0 Å². The number of aromatic nitrogens is 2. The Balaban J connectivity index is 1.99. The summed E-state index contributed by atoms with van der Waals surface area (Å²) in [6.45, 7) is 8.17. The van der Waals surface area contributed by atoms with Crippen LogP contribution in [0, 0.1) is 20.8 Å². The maximum Gasteiger partial charge on any atom is 0.270 e. The lowest BCUT2D eigenvalue weighted by molar-refractivity contribution is 0.0736. The highest BCUT2D eigenvalue weighted by molar-refractivity contribution is 6.01. The summed E-state index contributed by atoms with van der Waals surface area (Å²) in [6.07, 6.45) is 3.55. The van der Waals surface area contributed by atoms with Crippen LogP contribution in [-0.2, 0) is 0 Å². The molecule has 0 saturated heterocycles. The van der Waals surface area contributed by atoms with Crippen LogP contribution in [0.4, 0.5) is 0 Å². The van der Waals surface area contributed by atoms with Crippen molar-refractivity contribution < 1.29 is 4.79 Å². The molecular formula is C20H23N3O. The molecule has 0 saturated carbocycles. The van der Waals surface area contributed by atoms with Crippen molar-refractivity contribution in [3.8, 4) is 0 Å². The molecule has 0 bridgehead atoms. The van der Waals surface area contributed by atoms with Gasteiger partial charge in [-0.15, -0.1) is 0 Å². The molecule has 4 nitrogen and oxygen atoms in total. The number of aromatic amines is 1. The number of carbonyl (C=O) groups excluding carboxylic acids is 1. The normalized spacial score (nSPS) is 12.4. The molecular weight excluding hydrogens is 298 g/mol. The predicted octanol–water partition coefficient (Wildman–Crippen LogP) is 4.32. The molecule has 24 heavy (non-hydrogen) atoms. The van der Waals surface area contributed by atoms with E-state index in [0.717, 1.165) is 27.6 Å². The van der Waals surface area contributed by atoms with Crippen molar-refractivity contribution in [2.24, 2.45) is 0 Å². The molecule has 1 N–H and O–H groups in total. The van der Waals surface area contributed by atoms with Crippen LogP contribution >= 0.6 is 0 Å². The Bertz CT molecular complexity index is 896. The fourth-order valence-electron chi connectivity index (χ4n) is 3.20. The monoisotopic (exact) mass is 321 g/mol. The van der Waals surface area contributed by atoms with E-state index in [1.54, 1.807) is 17.3 Å². The number of aryl methyl sites for hydroxylation is 3. The Morgan fingerprint density at radius 1 is 1.25 bits per heavy atom. The van der Waals surface area contributed by atoms with Crippen LogP contribution in [0.3, 0.4) is 0 Å². The number of hydrogen-bond donors (Lipinski definition) is 1. The van der Waals surface area contributed by atoms with Crippen LogP contribution in [0.5, 0.6) is 0 Å². The third kappa shape index (κ3) is 2.68. The number of nitrogens with one attached hydrogen (secondary N) is 1. The maximum atomic E-state index is 13.0. The molecule has 0 fully saturated rings. The summed E-state index contributed by atoms with van der Waals surface area (Å²) < 4.78 is 0. The first kappa shape index (κ1) is 16.2. The predicted molar refractivity (Wildman–Crippen MR) is 97.3 cm³/mol. The van der Waals surface area contributed by atoms with Crippen molar-refractivity contribution in [2.75, 3.05) is 7.05 Å². The molecule has 0 radical (unpaired) electrons. The summed E-state index contributed by atoms with van der Waals surface area (Å²) in [5, 5.41) is 1.12. The number of carbonyl (C=O) groups is 1. The van der Waals surface area contributed by atoms with Crippen LogP contribution in [-0.4, -0.2) is 27.8 Å². The molecule has 1 atom stereocenters. The molecule has 0 aliphatic heterocycles. The van der Waals surface area contributed by atoms with Gasteiger partial charge in [-0.3, -0.25) is 9.78 Å². The van der Waals surface area contributed by atoms with Crippen LogP contribution in [0.25, 0.3) is 10.9 Å². The van der Waals surface area contributed by atoms with Gasteiger partial charge < -0.3 is 9.88 Å². The molecule has 2 heterocycles. The first-order valence-corrected chi connectivity index (χ1v) is 8.16. The van der Waals surface area contributed by atoms with E-state index in [0.29, 0.717) is 5.69 Å². The fourth-order valence-corrected chi connectivity index (χ4v) is 3.20. The highest BCUT2D eigenvalue weighted by Gasteiger charge is 2.23. The molecule has 2 aromatic heterocycles. The maximum absolute atomic E-state index is 13.0. The topological polar surface area (TPSA) is 49.0 Å². The van der Waals surface area contributed by atoms with E-state index in [2.05, 4.69) is 35.9 Å². The molecule has 124 valence electrons. The highest BCUT2D eigenvalue weighted by Crippen LogP contribution is 2.28. The minimum atomic E-state index is -0.0418. The van der Waals surface area contributed by atoms with Gasteiger partial charge in [0.15, 0.2) is 0 Å². The first-order chi connectivity index (χ1) is 11.4. The first-order valence-electron chi connectivity index (χ1n) is 8.16. The second-order valence-electron chi connectivity index (χ2n) is 6.51. The summed E-state index contributed by atoms with van der Waals surface area (Å²) in [5.41, 5.74) is 6.11. The average Bonchev–Trinajstić information content (AvgIpc) is 2.91. The van der Waals surface area contributed by atoms with Gasteiger partial charge in [0, 0.05) is 30.3 Å². The van der Waals surface area contributed by atoms with Gasteiger partial charge in [-0.2, -0.15) is 0 Å². The van der Waals surface area contributed by atoms with Gasteiger partial charge in [-0.1, -0.05) is 17.7 Å². The van der Waals surface area contributed by atoms with Gasteiger partial charge in [-0.25, -0.2) is 0 Å². The van der Waals surface area contributed by atoms with Crippen LogP contribution < -0.4 is 0 Å². The Morgan fingerprint density at radius 2 is 2.00 bits per heavy atom. The van der Waals surface area contributed by atoms with Crippen LogP contribution in [0.15, 0.2) is 36.7 Å². The summed E-state index contributed by atoms with van der Waals surface area (Å²) in [4.78, 5) is 22.3. The molecule has 1 aromatic carbocycles. The van der Waals surface area contributed by atoms with E-state index in [4.69, 9.17) is 0 Å². The molecule has 0 spiro atoms. The molecule has 1 amide bonds. The number of amides is 1. The number of hydrogen-bond acceptors (Lipinski definition) is 2. The van der Waals surface area contributed by atoms with Gasteiger partial charge in [0.25, 0.3) is 5.91 Å². The summed E-state index contributed by atoms with van der Waals surface area (Å²) in [5.74, 6) is -0.00268. The van der Waals surface area contributed by atoms with Crippen molar-refractivity contribution in [1.29, 1.82) is 0 Å². The van der Waals surface area contributed by atoms with Crippen molar-refractivity contribution in [2.45, 2.75) is 33.7 Å². The minimum absolute atomic E-state index is 0.00268. The van der Waals surface area contributed by atoms with Crippen molar-refractivity contribution in [1.82, 2.24) is 14.9 Å². The number of benzene rings is 1. The summed E-state index contributed by atoms with van der Waals surface area (Å²) >= 11 is 0. The Kier molecular flexibility index (Phi) is 4.14. The molecule has 3 aromatic rings. The zero-order valence-electron chi connectivity index (χ0n) is 14.8. The number of fused-ring (bicyclic) bond motifs is 1. The quantitative estimate of drug-likeness (QED) is 0.781. The SMILES string of the molecule is Cc1cc(C)c2[nH]c(C(=O)N(C)[C@H](C)c3cccnc3)c(C)c2c1. The zero-order valence-corrected chi connectivity index (χ0v) is 14.8. The zero-order chi connectivity index (χ0) is 17.4. The van der Waals surface area contributed by atoms with Gasteiger partial charge in [0.2, 0.25) is 0 Å². The molecule has 0 aliphatic carbocycles. The summed E-state index contributed by atoms with van der Waals surface area (Å²) in [6, 6.07) is 8.11. The molecule has 3 rings (SSSR count). The fraction of sp³-hybridized carbons (Fsp3) is 0.300. The van der Waals surface area contributed by atoms with E-state index in [1.807, 2.05) is 33.0 Å². The van der Waals surface area contributed by atoms with Crippen molar-refractivity contribution in [3.63, 3.8) is 0 Å². The van der Waals surface area contributed by atoms with E-state index in [-0.39, 0.29) is 11.9 Å². The van der Waals surface area contributed by atoms with Gasteiger partial charge in [0.05, 0.1) is 6.04 Å². The lowest BCUT2D eigenvalue weighted by atomic mass is 10.0. The number of rotatable bonds is 3. The Morgan fingerprint density at radius 3 is 2.67 bits per heavy atom. The van der Waals surface area contributed by atoms with Crippen molar-refractivity contribution in [3.05, 3.63) is 64.6 Å². The van der Waals surface area contributed by atoms with Gasteiger partial charge >= 0.3 is 0 Å². The number of H-pyrrole nitrogens is 1. The molecule has 0 unspecified atom stereocenters. The minimum Gasteiger partial charge on any atom is -0.350 e. The standard InChI is InChI=1S/C20H23N3O/c1-12-9-13(2)18-17(10-12)14(3)19(22-18)20(24)23(5)15(4)16-7-6-8-21-11-16/h6-11,15,22H,1-5H3/t15-/m1/s1. The van der Waals surface area contributed by atoms with Gasteiger partial charge in [-0.05, 0) is 56.5 Å². The van der Waals surface area contributed by atoms with Crippen molar-refractivity contribution >= 4 is 16.8 Å². The smallest absolute Gasteiger partial charge is 0.270 e. The summed E-state index contributed by atoms with van der Waals surface area (Å²) in [7, 11) is 1.84. The van der Waals surface area contributed by atoms with E-state index >= 15 is 0 Å². The Labute approximate surface area is 142 Å². The molecule has 0 aliphatic rings. The highest BCUT2D eigenvalue weighted by atomic mass is 16.2. The molecule has 4 heteroatoms. The average molecular weight is 321 g/mol. The number of pyridine rings is 1. The van der Waals surface area contributed by atoms with E-state index in [9.17, 15) is 4.79 Å². The second-order valence-corrected chi connectivity index (χ2v) is 6.51. The van der Waals surface area contributed by atoms with Crippen LogP contribution in [0.1, 0.15) is 45.7 Å². The Hall–Kier alpha value is -2.62. The lowest BCUT2D eigenvalue weighted by Gasteiger charge is -2.25. The third-order valence-corrected chi connectivity index (χ3v) is 4.79. The van der Waals surface area contributed by atoms with E-state index in [1.165, 1.54) is 5.56 Å². The largest absolute Gasteiger partial charge is 0.350 e. The van der Waals surface area contributed by atoms with E-state index < -0.39 is 0 Å². The third-order valence-electron chi connectivity index (χ3n) is 4.79. The number of nitrogens with zero attached hydrogens (tertiary/aromatic N) is 2. The van der Waals surface area contributed by atoms with Gasteiger partial charge in [0.1, 0.15) is 5.69 Å².